The molecule has 18 heavy (non-hydrogen) atoms. The summed E-state index contributed by atoms with van der Waals surface area (Å²) in [5.74, 6) is 0. The largest absolute Gasteiger partial charge is 0.377 e. The number of hydrogen-bond donors (Lipinski definition) is 1. The van der Waals surface area contributed by atoms with Crippen LogP contribution in [0.25, 0.3) is 0 Å². The van der Waals surface area contributed by atoms with Gasteiger partial charge in [0.15, 0.2) is 6.73 Å². The summed E-state index contributed by atoms with van der Waals surface area (Å²) in [5.41, 5.74) is 0. The van der Waals surface area contributed by atoms with Gasteiger partial charge in [-0.15, -0.1) is 0 Å². The van der Waals surface area contributed by atoms with Gasteiger partial charge in [0.05, 0.1) is 52.9 Å². The highest BCUT2D eigenvalue weighted by Crippen LogP contribution is 1.83. The molecule has 1 fully saturated rings. The zero-order valence-electron chi connectivity index (χ0n) is 11.3. The topological polar surface area (TPSA) is 50.6 Å². The monoisotopic (exact) mass is 264 g/mol. The molecule has 1 heterocycles. The maximum absolute atomic E-state index is 5.50. The van der Waals surface area contributed by atoms with E-state index < -0.39 is 0 Å². The fourth-order valence-electron chi connectivity index (χ4n) is 1.67. The number of nitrogens with one attached hydrogen (secondary N) is 1. The van der Waals surface area contributed by atoms with Crippen LogP contribution in [0.5, 0.6) is 0 Å². The molecule has 1 aliphatic heterocycles. The highest BCUT2D eigenvalue weighted by molar-refractivity contribution is 4.37. The van der Waals surface area contributed by atoms with Crippen molar-refractivity contribution in [1.29, 1.82) is 0 Å². The Labute approximate surface area is 109 Å². The van der Waals surface area contributed by atoms with Gasteiger partial charge in [-0.1, -0.05) is 0 Å². The van der Waals surface area contributed by atoms with Crippen LogP contribution in [0.2, 0.25) is 0 Å². The average molecular weight is 264 g/mol. The molecule has 1 rings (SSSR count). The van der Waals surface area contributed by atoms with Crippen molar-refractivity contribution in [2.75, 3.05) is 79.8 Å². The van der Waals surface area contributed by atoms with E-state index in [2.05, 4.69) is 0 Å². The van der Waals surface area contributed by atoms with E-state index in [0.29, 0.717) is 46.4 Å². The molecule has 6 heteroatoms. The second-order valence-corrected chi connectivity index (χ2v) is 4.13. The molecule has 1 aliphatic rings. The van der Waals surface area contributed by atoms with Crippen LogP contribution in [0, 0.1) is 0 Å². The minimum Gasteiger partial charge on any atom is -0.377 e. The van der Waals surface area contributed by atoms with E-state index in [-0.39, 0.29) is 0 Å². The molecule has 6 nitrogen and oxygen atoms in total. The zero-order chi connectivity index (χ0) is 12.9. The summed E-state index contributed by atoms with van der Waals surface area (Å²) in [6.07, 6.45) is 0. The van der Waals surface area contributed by atoms with Gasteiger partial charge in [-0.3, -0.25) is 0 Å². The summed E-state index contributed by atoms with van der Waals surface area (Å²) in [5, 5.41) is 0. The van der Waals surface area contributed by atoms with Crippen LogP contribution < -0.4 is 4.90 Å². The first kappa shape index (κ1) is 15.8. The van der Waals surface area contributed by atoms with Crippen molar-refractivity contribution in [3.8, 4) is 0 Å². The van der Waals surface area contributed by atoms with Crippen molar-refractivity contribution in [2.24, 2.45) is 0 Å². The highest BCUT2D eigenvalue weighted by Gasteiger charge is 2.07. The Balaban J connectivity index is 2.20. The first-order chi connectivity index (χ1) is 8.93. The number of methoxy groups -OCH3 is 1. The molecule has 0 aromatic heterocycles. The lowest BCUT2D eigenvalue weighted by Crippen LogP contribution is -3.13. The van der Waals surface area contributed by atoms with E-state index >= 15 is 0 Å². The van der Waals surface area contributed by atoms with Crippen LogP contribution in [0.1, 0.15) is 0 Å². The molecule has 0 saturated carbocycles. The Hall–Kier alpha value is -0.240. The molecule has 0 atom stereocenters. The van der Waals surface area contributed by atoms with Gasteiger partial charge < -0.3 is 28.6 Å². The van der Waals surface area contributed by atoms with Gasteiger partial charge in [0, 0.05) is 7.11 Å². The lowest BCUT2D eigenvalue weighted by Gasteiger charge is -2.18. The van der Waals surface area contributed by atoms with Gasteiger partial charge in [0.1, 0.15) is 13.1 Å². The quantitative estimate of drug-likeness (QED) is 0.662. The van der Waals surface area contributed by atoms with E-state index in [1.54, 1.807) is 7.11 Å². The Morgan fingerprint density at radius 3 is 1.50 bits per heavy atom. The zero-order valence-corrected chi connectivity index (χ0v) is 11.3. The van der Waals surface area contributed by atoms with Crippen LogP contribution in [0.15, 0.2) is 0 Å². The molecule has 1 N–H and O–H groups in total. The average Bonchev–Trinajstić information content (AvgIpc) is 2.39. The molecule has 0 aromatic carbocycles. The lowest BCUT2D eigenvalue weighted by molar-refractivity contribution is -0.919. The maximum atomic E-state index is 5.50. The second-order valence-electron chi connectivity index (χ2n) is 4.13. The molecule has 0 bridgehead atoms. The maximum Gasteiger partial charge on any atom is 0.181 e. The number of quaternary nitrogens is 1. The van der Waals surface area contributed by atoms with Gasteiger partial charge in [-0.25, -0.2) is 0 Å². The summed E-state index contributed by atoms with van der Waals surface area (Å²) < 4.78 is 26.9. The van der Waals surface area contributed by atoms with Crippen LogP contribution >= 0.6 is 0 Å². The van der Waals surface area contributed by atoms with Gasteiger partial charge >= 0.3 is 0 Å². The number of hydrogen-bond acceptors (Lipinski definition) is 5. The SMILES string of the molecule is COC[NH+]1CCOCCOCCOCCOCC1. The van der Waals surface area contributed by atoms with Gasteiger partial charge in [0.25, 0.3) is 0 Å². The third kappa shape index (κ3) is 8.79. The number of rotatable bonds is 2. The van der Waals surface area contributed by atoms with E-state index in [9.17, 15) is 0 Å². The van der Waals surface area contributed by atoms with Crippen LogP contribution in [-0.2, 0) is 23.7 Å². The lowest BCUT2D eigenvalue weighted by atomic mass is 10.5. The van der Waals surface area contributed by atoms with Crippen LogP contribution in [-0.4, -0.2) is 79.8 Å². The van der Waals surface area contributed by atoms with Crippen molar-refractivity contribution < 1.29 is 28.6 Å². The van der Waals surface area contributed by atoms with Gasteiger partial charge in [-0.05, 0) is 0 Å². The van der Waals surface area contributed by atoms with Crippen molar-refractivity contribution in [3.05, 3.63) is 0 Å². The van der Waals surface area contributed by atoms with Crippen LogP contribution in [0.4, 0.5) is 0 Å². The minimum atomic E-state index is 0.615. The Bertz CT molecular complexity index is 166. The van der Waals surface area contributed by atoms with Crippen molar-refractivity contribution in [3.63, 3.8) is 0 Å². The smallest absolute Gasteiger partial charge is 0.181 e. The van der Waals surface area contributed by atoms with E-state index in [1.807, 2.05) is 0 Å². The Morgan fingerprint density at radius 2 is 1.11 bits per heavy atom. The first-order valence-electron chi connectivity index (χ1n) is 6.57. The normalized spacial score (nSPS) is 23.2. The van der Waals surface area contributed by atoms with E-state index in [1.165, 1.54) is 4.90 Å². The standard InChI is InChI=1S/C12H25NO5/c1-14-12-13-2-4-15-6-8-17-10-11-18-9-7-16-5-3-13/h2-12H2,1H3/p+1. The van der Waals surface area contributed by atoms with Crippen molar-refractivity contribution in [1.82, 2.24) is 0 Å². The molecule has 0 unspecified atom stereocenters. The van der Waals surface area contributed by atoms with Gasteiger partial charge in [-0.2, -0.15) is 0 Å². The third-order valence-corrected chi connectivity index (χ3v) is 2.66. The Kier molecular flexibility index (Phi) is 10.4. The Morgan fingerprint density at radius 1 is 0.722 bits per heavy atom. The summed E-state index contributed by atoms with van der Waals surface area (Å²) in [6.45, 7) is 7.72. The summed E-state index contributed by atoms with van der Waals surface area (Å²) >= 11 is 0. The van der Waals surface area contributed by atoms with Gasteiger partial charge in [0.2, 0.25) is 0 Å². The fraction of sp³-hybridized carbons (Fsp3) is 1.00. The molecule has 0 radical (unpaired) electrons. The van der Waals surface area contributed by atoms with Crippen LogP contribution in [0.3, 0.4) is 0 Å². The summed E-state index contributed by atoms with van der Waals surface area (Å²) in [6, 6.07) is 0. The predicted molar refractivity (Wildman–Crippen MR) is 65.8 cm³/mol. The molecule has 1 saturated heterocycles. The predicted octanol–water partition coefficient (Wildman–Crippen LogP) is -1.44. The fourth-order valence-corrected chi connectivity index (χ4v) is 1.67. The summed E-state index contributed by atoms with van der Waals surface area (Å²) in [4.78, 5) is 1.33. The first-order valence-corrected chi connectivity index (χ1v) is 6.57. The highest BCUT2D eigenvalue weighted by atomic mass is 16.6. The molecular formula is C12H26NO5+. The molecule has 0 spiro atoms. The number of ether oxygens (including phenoxy) is 5. The molecule has 108 valence electrons. The van der Waals surface area contributed by atoms with Crippen molar-refractivity contribution in [2.45, 2.75) is 0 Å². The molecular weight excluding hydrogens is 238 g/mol. The third-order valence-electron chi connectivity index (χ3n) is 2.66. The summed E-state index contributed by atoms with van der Waals surface area (Å²) in [7, 11) is 1.71. The second kappa shape index (κ2) is 11.8. The minimum absolute atomic E-state index is 0.615. The van der Waals surface area contributed by atoms with E-state index in [0.717, 1.165) is 26.3 Å². The van der Waals surface area contributed by atoms with Crippen molar-refractivity contribution >= 4 is 0 Å². The molecule has 0 aromatic rings. The molecule has 0 aliphatic carbocycles. The molecule has 0 amide bonds. The van der Waals surface area contributed by atoms with E-state index in [4.69, 9.17) is 23.7 Å².